The molecule has 4 rings (SSSR count). The number of rotatable bonds is 4. The Morgan fingerprint density at radius 1 is 0.900 bits per heavy atom. The maximum atomic E-state index is 11.2. The van der Waals surface area contributed by atoms with Gasteiger partial charge >= 0.3 is 0 Å². The highest BCUT2D eigenvalue weighted by atomic mass is 35.5. The molecule has 0 aliphatic heterocycles. The third kappa shape index (κ3) is 1.95. The van der Waals surface area contributed by atoms with Gasteiger partial charge in [0.2, 0.25) is 0 Å². The van der Waals surface area contributed by atoms with Crippen LogP contribution in [0.2, 0.25) is 0 Å². The second kappa shape index (κ2) is 4.51. The zero-order chi connectivity index (χ0) is 14.7. The topological polar surface area (TPSA) is 80.3 Å². The number of carboxylic acids is 2. The van der Waals surface area contributed by atoms with Crippen molar-refractivity contribution in [2.75, 3.05) is 0 Å². The van der Waals surface area contributed by atoms with Gasteiger partial charge in [-0.1, -0.05) is 0 Å². The second-order valence-electron chi connectivity index (χ2n) is 7.05. The van der Waals surface area contributed by atoms with E-state index in [1.54, 1.807) is 0 Å². The van der Waals surface area contributed by atoms with Gasteiger partial charge in [0.1, 0.15) is 0 Å². The highest BCUT2D eigenvalue weighted by molar-refractivity contribution is 6.30. The Morgan fingerprint density at radius 3 is 1.55 bits per heavy atom. The molecular weight excluding hydrogens is 303 g/mol. The van der Waals surface area contributed by atoms with Crippen molar-refractivity contribution in [3.05, 3.63) is 0 Å². The van der Waals surface area contributed by atoms with E-state index in [9.17, 15) is 19.8 Å². The number of carboxylic acid groups (broad SMARTS) is 2. The molecule has 6 heteroatoms. The van der Waals surface area contributed by atoms with E-state index in [1.807, 2.05) is 0 Å². The fraction of sp³-hybridized carbons (Fsp3) is 0.857. The zero-order valence-electron chi connectivity index (χ0n) is 10.9. The molecule has 0 aromatic heterocycles. The molecule has 112 valence electrons. The van der Waals surface area contributed by atoms with Crippen molar-refractivity contribution in [1.29, 1.82) is 0 Å². The Bertz CT molecular complexity index is 412. The van der Waals surface area contributed by atoms with Crippen molar-refractivity contribution in [2.45, 2.75) is 49.3 Å². The van der Waals surface area contributed by atoms with Crippen molar-refractivity contribution in [1.82, 2.24) is 0 Å². The molecule has 4 nitrogen and oxygen atoms in total. The largest absolute Gasteiger partial charge is 0.549 e. The van der Waals surface area contributed by atoms with Gasteiger partial charge in [0.05, 0.1) is 22.7 Å². The average Bonchev–Trinajstić information content (AvgIpc) is 2.35. The third-order valence-corrected chi connectivity index (χ3v) is 6.92. The highest BCUT2D eigenvalue weighted by Crippen LogP contribution is 2.68. The van der Waals surface area contributed by atoms with Gasteiger partial charge in [0.25, 0.3) is 0 Å². The number of alkyl halides is 2. The summed E-state index contributed by atoms with van der Waals surface area (Å²) >= 11 is 12.2. The van der Waals surface area contributed by atoms with Crippen molar-refractivity contribution in [2.24, 2.45) is 22.7 Å². The molecule has 4 atom stereocenters. The van der Waals surface area contributed by atoms with E-state index in [0.717, 1.165) is 32.1 Å². The van der Waals surface area contributed by atoms with Crippen LogP contribution in [0.5, 0.6) is 0 Å². The number of hydrogen-bond acceptors (Lipinski definition) is 4. The van der Waals surface area contributed by atoms with E-state index in [-0.39, 0.29) is 0 Å². The van der Waals surface area contributed by atoms with Crippen molar-refractivity contribution in [3.8, 4) is 0 Å². The van der Waals surface area contributed by atoms with Crippen LogP contribution in [0.15, 0.2) is 0 Å². The van der Waals surface area contributed by atoms with E-state index in [1.165, 1.54) is 0 Å². The maximum absolute atomic E-state index is 11.2. The minimum atomic E-state index is -1.26. The van der Waals surface area contributed by atoms with Gasteiger partial charge < -0.3 is 19.8 Å². The van der Waals surface area contributed by atoms with E-state index in [2.05, 4.69) is 0 Å². The first kappa shape index (κ1) is 14.5. The molecule has 0 heterocycles. The number of halogens is 2. The summed E-state index contributed by atoms with van der Waals surface area (Å²) in [7, 11) is 0. The minimum Gasteiger partial charge on any atom is -0.549 e. The van der Waals surface area contributed by atoms with Crippen LogP contribution in [0.4, 0.5) is 0 Å². The first-order chi connectivity index (χ1) is 9.28. The summed E-state index contributed by atoms with van der Waals surface area (Å²) in [6, 6.07) is 0. The summed E-state index contributed by atoms with van der Waals surface area (Å²) in [5.74, 6) is -1.89. The average molecular weight is 319 g/mol. The summed E-state index contributed by atoms with van der Waals surface area (Å²) in [4.78, 5) is 22.4. The molecule has 0 aromatic carbocycles. The molecule has 4 saturated carbocycles. The van der Waals surface area contributed by atoms with E-state index >= 15 is 0 Å². The van der Waals surface area contributed by atoms with E-state index in [0.29, 0.717) is 18.3 Å². The summed E-state index contributed by atoms with van der Waals surface area (Å²) in [6.45, 7) is 0. The van der Waals surface area contributed by atoms with Crippen LogP contribution >= 0.6 is 23.2 Å². The number of hydrogen-bond donors (Lipinski definition) is 0. The van der Waals surface area contributed by atoms with Crippen molar-refractivity contribution in [3.63, 3.8) is 0 Å². The summed E-state index contributed by atoms with van der Waals surface area (Å²) in [5.41, 5.74) is -1.12. The van der Waals surface area contributed by atoms with Gasteiger partial charge in [-0.25, -0.2) is 0 Å². The van der Waals surface area contributed by atoms with Gasteiger partial charge in [-0.3, -0.25) is 0 Å². The Hall–Kier alpha value is -0.480. The van der Waals surface area contributed by atoms with Crippen LogP contribution in [-0.2, 0) is 9.59 Å². The van der Waals surface area contributed by atoms with Crippen LogP contribution in [0, 0.1) is 22.7 Å². The van der Waals surface area contributed by atoms with E-state index in [4.69, 9.17) is 23.2 Å². The van der Waals surface area contributed by atoms with Crippen molar-refractivity contribution < 1.29 is 19.8 Å². The lowest BCUT2D eigenvalue weighted by Gasteiger charge is -2.64. The molecule has 4 aliphatic carbocycles. The van der Waals surface area contributed by atoms with Gasteiger partial charge in [0, 0.05) is 0 Å². The number of carbonyl (C=O) groups is 2. The maximum Gasteiger partial charge on any atom is 0.0787 e. The standard InChI is InChI=1S/C14H18Cl2O4/c15-9(11(17)18)13-2-7-1-8(4-13)5-14(3-7,6-13)10(16)12(19)20/h7-10H,1-6H2,(H,17,18)(H,19,20)/p-2/t7?,8?,9-,10+,13?,14?. The van der Waals surface area contributed by atoms with E-state index < -0.39 is 33.5 Å². The lowest BCUT2D eigenvalue weighted by atomic mass is 9.42. The molecule has 2 unspecified atom stereocenters. The Morgan fingerprint density at radius 2 is 1.25 bits per heavy atom. The molecule has 4 aliphatic rings. The SMILES string of the molecule is O=C([O-])[C@@H](Cl)C12CC3CC(C1)CC([C@@H](Cl)C(=O)[O-])(C3)C2. The Balaban J connectivity index is 1.97. The van der Waals surface area contributed by atoms with Gasteiger partial charge in [-0.05, 0) is 61.2 Å². The predicted molar refractivity (Wildman–Crippen MR) is 68.8 cm³/mol. The Kier molecular flexibility index (Phi) is 3.26. The van der Waals surface area contributed by atoms with Crippen LogP contribution in [-0.4, -0.2) is 22.7 Å². The fourth-order valence-corrected chi connectivity index (χ4v) is 6.01. The normalized spacial score (nSPS) is 45.1. The minimum absolute atomic E-state index is 0.317. The molecule has 4 fully saturated rings. The first-order valence-corrected chi connectivity index (χ1v) is 7.85. The molecule has 0 amide bonds. The van der Waals surface area contributed by atoms with Gasteiger partial charge in [-0.2, -0.15) is 0 Å². The molecular formula is C14H16Cl2O4-2. The monoisotopic (exact) mass is 318 g/mol. The molecule has 0 N–H and O–H groups in total. The lowest BCUT2D eigenvalue weighted by Crippen LogP contribution is -2.62. The summed E-state index contributed by atoms with van der Waals surface area (Å²) in [5, 5.41) is 20.3. The van der Waals surface area contributed by atoms with Gasteiger partial charge in [0.15, 0.2) is 0 Å². The summed E-state index contributed by atoms with van der Waals surface area (Å²) in [6.07, 6.45) is 4.44. The van der Waals surface area contributed by atoms with Crippen LogP contribution in [0.3, 0.4) is 0 Å². The zero-order valence-corrected chi connectivity index (χ0v) is 12.5. The lowest BCUT2D eigenvalue weighted by molar-refractivity contribution is -0.312. The molecule has 4 bridgehead atoms. The van der Waals surface area contributed by atoms with Gasteiger partial charge in [-0.15, -0.1) is 23.2 Å². The van der Waals surface area contributed by atoms with Crippen LogP contribution in [0.25, 0.3) is 0 Å². The summed E-state index contributed by atoms with van der Waals surface area (Å²) < 4.78 is 0. The number of carbonyl (C=O) groups excluding carboxylic acids is 2. The molecule has 0 aromatic rings. The van der Waals surface area contributed by atoms with Crippen LogP contribution < -0.4 is 10.2 Å². The highest BCUT2D eigenvalue weighted by Gasteiger charge is 2.62. The fourth-order valence-electron chi connectivity index (χ4n) is 5.50. The first-order valence-electron chi connectivity index (χ1n) is 6.98. The van der Waals surface area contributed by atoms with Crippen LogP contribution in [0.1, 0.15) is 38.5 Å². The molecule has 0 saturated heterocycles. The molecule has 0 radical (unpaired) electrons. The van der Waals surface area contributed by atoms with Crippen molar-refractivity contribution >= 4 is 35.1 Å². The Labute approximate surface area is 127 Å². The molecule has 0 spiro atoms. The third-order valence-electron chi connectivity index (χ3n) is 5.64. The number of aliphatic carboxylic acids is 2. The quantitative estimate of drug-likeness (QED) is 0.698. The predicted octanol–water partition coefficient (Wildman–Crippen LogP) is 0.288. The molecule has 20 heavy (non-hydrogen) atoms. The smallest absolute Gasteiger partial charge is 0.0787 e. The second-order valence-corrected chi connectivity index (χ2v) is 7.92.